The van der Waals surface area contributed by atoms with E-state index in [4.69, 9.17) is 4.98 Å². The van der Waals surface area contributed by atoms with Gasteiger partial charge in [-0.15, -0.1) is 0 Å². The number of aromatic nitrogens is 3. The van der Waals surface area contributed by atoms with Gasteiger partial charge in [-0.1, -0.05) is 48.5 Å². The van der Waals surface area contributed by atoms with Crippen molar-refractivity contribution in [1.82, 2.24) is 19.9 Å². The van der Waals surface area contributed by atoms with Gasteiger partial charge in [0, 0.05) is 36.5 Å². The van der Waals surface area contributed by atoms with Crippen molar-refractivity contribution >= 4 is 41.5 Å². The zero-order valence-electron chi connectivity index (χ0n) is 19.5. The second-order valence-corrected chi connectivity index (χ2v) is 8.52. The smallest absolute Gasteiger partial charge is 0.251 e. The molecule has 5 rings (SSSR count). The maximum Gasteiger partial charge on any atom is 0.251 e. The molecule has 35 heavy (non-hydrogen) atoms. The molecule has 8 heteroatoms. The molecule has 5 aromatic rings. The molecular weight excluding hydrogens is 437 g/mol. The number of hydrogen-bond acceptors (Lipinski definition) is 5. The number of phenols is 1. The Kier molecular flexibility index (Phi) is 6.35. The maximum atomic E-state index is 12.7. The summed E-state index contributed by atoms with van der Waals surface area (Å²) in [7, 11) is 1.96. The Hall–Kier alpha value is -4.33. The van der Waals surface area contributed by atoms with Crippen molar-refractivity contribution in [3.8, 4) is 17.0 Å². The van der Waals surface area contributed by atoms with Crippen LogP contribution >= 0.6 is 0 Å². The number of unbranched alkanes of at least 4 members (excludes halogenated alkanes) is 1. The molecule has 0 aliphatic heterocycles. The molecule has 0 aliphatic rings. The van der Waals surface area contributed by atoms with Crippen molar-refractivity contribution in [2.45, 2.75) is 12.8 Å². The van der Waals surface area contributed by atoms with Crippen LogP contribution in [0.2, 0.25) is 0 Å². The van der Waals surface area contributed by atoms with Gasteiger partial charge in [0.05, 0.1) is 5.69 Å². The van der Waals surface area contributed by atoms with Crippen molar-refractivity contribution in [2.24, 2.45) is 0 Å². The summed E-state index contributed by atoms with van der Waals surface area (Å²) in [5, 5.41) is 23.2. The first kappa shape index (κ1) is 22.5. The Morgan fingerprint density at radius 3 is 2.63 bits per heavy atom. The summed E-state index contributed by atoms with van der Waals surface area (Å²) in [4.78, 5) is 17.4. The molecule has 3 aromatic carbocycles. The van der Waals surface area contributed by atoms with Crippen molar-refractivity contribution in [1.29, 1.82) is 0 Å². The third-order valence-corrected chi connectivity index (χ3v) is 6.06. The van der Waals surface area contributed by atoms with Crippen LogP contribution in [-0.2, 0) is 0 Å². The number of aromatic hydroxyl groups is 1. The minimum Gasteiger partial charge on any atom is -0.507 e. The lowest BCUT2D eigenvalue weighted by atomic mass is 10.0. The quantitative estimate of drug-likeness (QED) is 0.243. The van der Waals surface area contributed by atoms with Gasteiger partial charge in [0.15, 0.2) is 5.65 Å². The number of benzene rings is 3. The summed E-state index contributed by atoms with van der Waals surface area (Å²) in [6.45, 7) is 1.31. The lowest BCUT2D eigenvalue weighted by Gasteiger charge is -2.12. The first-order chi connectivity index (χ1) is 17.1. The van der Waals surface area contributed by atoms with Gasteiger partial charge in [0.1, 0.15) is 19.4 Å². The summed E-state index contributed by atoms with van der Waals surface area (Å²) >= 11 is 0. The van der Waals surface area contributed by atoms with Gasteiger partial charge >= 0.3 is 0 Å². The highest BCUT2D eigenvalue weighted by Gasteiger charge is 2.13. The summed E-state index contributed by atoms with van der Waals surface area (Å²) in [6.07, 6.45) is 3.49. The standard InChI is InChI=1S/C27H26BN5O2/c28-22-17-31-33-25(16-23(32-26(22)33)21-11-3-4-13-24(21)34)29-14-5-6-15-30-27(35)20-12-7-9-18-8-1-2-10-19(18)20/h1-4,7-13,16-17,29,34H,5-6,14-15,28H2,(H,30,35). The predicted octanol–water partition coefficient (Wildman–Crippen LogP) is 3.14. The molecule has 2 aromatic heterocycles. The van der Waals surface area contributed by atoms with E-state index in [9.17, 15) is 9.90 Å². The van der Waals surface area contributed by atoms with Crippen LogP contribution in [0.5, 0.6) is 5.75 Å². The largest absolute Gasteiger partial charge is 0.507 e. The minimum absolute atomic E-state index is 0.0510. The van der Waals surface area contributed by atoms with Crippen LogP contribution in [0.3, 0.4) is 0 Å². The molecule has 0 atom stereocenters. The number of nitrogens with one attached hydrogen (secondary N) is 2. The van der Waals surface area contributed by atoms with E-state index in [-0.39, 0.29) is 11.7 Å². The second-order valence-electron chi connectivity index (χ2n) is 8.52. The van der Waals surface area contributed by atoms with Crippen LogP contribution in [0.15, 0.2) is 79.0 Å². The Labute approximate surface area is 204 Å². The maximum absolute atomic E-state index is 12.7. The number of hydrogen-bond donors (Lipinski definition) is 3. The molecule has 174 valence electrons. The van der Waals surface area contributed by atoms with Crippen LogP contribution in [0, 0.1) is 0 Å². The van der Waals surface area contributed by atoms with E-state index in [0.717, 1.165) is 40.5 Å². The summed E-state index contributed by atoms with van der Waals surface area (Å²) in [6, 6.07) is 22.8. The number of anilines is 1. The topological polar surface area (TPSA) is 91.5 Å². The highest BCUT2D eigenvalue weighted by Crippen LogP contribution is 2.29. The van der Waals surface area contributed by atoms with Crippen molar-refractivity contribution in [2.75, 3.05) is 18.4 Å². The predicted molar refractivity (Wildman–Crippen MR) is 142 cm³/mol. The molecule has 0 aliphatic carbocycles. The average Bonchev–Trinajstić information content (AvgIpc) is 3.26. The fourth-order valence-corrected chi connectivity index (χ4v) is 4.21. The number of nitrogens with zero attached hydrogens (tertiary/aromatic N) is 3. The van der Waals surface area contributed by atoms with E-state index in [0.29, 0.717) is 29.9 Å². The van der Waals surface area contributed by atoms with Crippen LogP contribution in [0.4, 0.5) is 5.82 Å². The molecular formula is C27H26BN5O2. The third-order valence-electron chi connectivity index (χ3n) is 6.06. The van der Waals surface area contributed by atoms with Gasteiger partial charge in [-0.2, -0.15) is 9.61 Å². The zero-order valence-corrected chi connectivity index (χ0v) is 19.5. The summed E-state index contributed by atoms with van der Waals surface area (Å²) < 4.78 is 1.78. The number of carbonyl (C=O) groups is 1. The van der Waals surface area contributed by atoms with Gasteiger partial charge in [-0.25, -0.2) is 4.98 Å². The number of amides is 1. The molecule has 0 saturated carbocycles. The lowest BCUT2D eigenvalue weighted by molar-refractivity contribution is 0.0954. The monoisotopic (exact) mass is 463 g/mol. The van der Waals surface area contributed by atoms with Crippen LogP contribution in [0.25, 0.3) is 27.7 Å². The summed E-state index contributed by atoms with van der Waals surface area (Å²) in [5.41, 5.74) is 3.77. The third kappa shape index (κ3) is 4.68. The number of para-hydroxylation sites is 1. The van der Waals surface area contributed by atoms with Crippen molar-refractivity contribution in [3.63, 3.8) is 0 Å². The van der Waals surface area contributed by atoms with Gasteiger partial charge in [0.2, 0.25) is 0 Å². The van der Waals surface area contributed by atoms with Crippen LogP contribution < -0.4 is 16.1 Å². The van der Waals surface area contributed by atoms with Gasteiger partial charge in [-0.3, -0.25) is 4.79 Å². The Bertz CT molecular complexity index is 1510. The van der Waals surface area contributed by atoms with Gasteiger partial charge < -0.3 is 15.7 Å². The highest BCUT2D eigenvalue weighted by atomic mass is 16.3. The molecule has 0 bridgehead atoms. The van der Waals surface area contributed by atoms with Gasteiger partial charge in [-0.05, 0) is 47.3 Å². The Morgan fingerprint density at radius 2 is 1.74 bits per heavy atom. The molecule has 0 unspecified atom stereocenters. The first-order valence-corrected chi connectivity index (χ1v) is 11.8. The molecule has 0 fully saturated rings. The van der Waals surface area contributed by atoms with Crippen molar-refractivity contribution in [3.05, 3.63) is 84.6 Å². The number of fused-ring (bicyclic) bond motifs is 2. The molecule has 1 amide bonds. The number of phenolic OH excluding ortho intramolecular Hbond substituents is 1. The molecule has 0 saturated heterocycles. The van der Waals surface area contributed by atoms with Crippen LogP contribution in [0.1, 0.15) is 23.2 Å². The molecule has 7 nitrogen and oxygen atoms in total. The zero-order chi connectivity index (χ0) is 24.2. The Balaban J connectivity index is 1.20. The first-order valence-electron chi connectivity index (χ1n) is 11.8. The summed E-state index contributed by atoms with van der Waals surface area (Å²) in [5.74, 6) is 0.945. The second kappa shape index (κ2) is 9.89. The molecule has 2 heterocycles. The van der Waals surface area contributed by atoms with Crippen molar-refractivity contribution < 1.29 is 9.90 Å². The molecule has 0 spiro atoms. The van der Waals surface area contributed by atoms with E-state index in [2.05, 4.69) is 15.7 Å². The molecule has 0 radical (unpaired) electrons. The van der Waals surface area contributed by atoms with E-state index >= 15 is 0 Å². The number of rotatable bonds is 8. The molecule has 3 N–H and O–H groups in total. The van der Waals surface area contributed by atoms with Gasteiger partial charge in [0.25, 0.3) is 5.91 Å². The SMILES string of the molecule is Bc1cnn2c(NCCCCNC(=O)c3cccc4ccccc34)cc(-c3ccccc3O)nc12. The average molecular weight is 463 g/mol. The van der Waals surface area contributed by atoms with E-state index in [1.54, 1.807) is 22.8 Å². The minimum atomic E-state index is -0.0510. The normalized spacial score (nSPS) is 11.1. The van der Waals surface area contributed by atoms with E-state index < -0.39 is 0 Å². The lowest BCUT2D eigenvalue weighted by Crippen LogP contribution is -2.25. The fourth-order valence-electron chi connectivity index (χ4n) is 4.21. The Morgan fingerprint density at radius 1 is 0.971 bits per heavy atom. The fraction of sp³-hybridized carbons (Fsp3) is 0.148. The van der Waals surface area contributed by atoms with Crippen LogP contribution in [-0.4, -0.2) is 46.5 Å². The van der Waals surface area contributed by atoms with E-state index in [1.807, 2.05) is 68.5 Å². The number of carbonyl (C=O) groups excluding carboxylic acids is 1. The highest BCUT2D eigenvalue weighted by molar-refractivity contribution is 6.36. The van der Waals surface area contributed by atoms with E-state index in [1.165, 1.54) is 0 Å².